The highest BCUT2D eigenvalue weighted by atomic mass is 35.5. The topological polar surface area (TPSA) is 53.8 Å². The van der Waals surface area contributed by atoms with Gasteiger partial charge in [-0.15, -0.1) is 0 Å². The largest absolute Gasteiger partial charge is 0.455 e. The highest BCUT2D eigenvalue weighted by Crippen LogP contribution is 2.26. The van der Waals surface area contributed by atoms with E-state index in [1.807, 2.05) is 18.2 Å². The van der Waals surface area contributed by atoms with Gasteiger partial charge in [-0.3, -0.25) is 9.00 Å². The Morgan fingerprint density at radius 1 is 1.03 bits per heavy atom. The fourth-order valence-electron chi connectivity index (χ4n) is 3.64. The molecular weight excluding hydrogens is 455 g/mol. The lowest BCUT2D eigenvalue weighted by molar-refractivity contribution is 0.0713. The number of aryl methyl sites for hydroxylation is 1. The Bertz CT molecular complexity index is 1120. The molecule has 4 rings (SSSR count). The molecule has 2 heterocycles. The van der Waals surface area contributed by atoms with Gasteiger partial charge in [-0.05, 0) is 48.9 Å². The lowest BCUT2D eigenvalue weighted by Gasteiger charge is -2.36. The molecule has 31 heavy (non-hydrogen) atoms. The van der Waals surface area contributed by atoms with E-state index in [-0.39, 0.29) is 17.4 Å². The third-order valence-electron chi connectivity index (χ3n) is 5.31. The standard InChI is InChI=1S/C23H22Cl2N2O3S/c1-16-6-7-17(24)14-20(16)26-10-12-27(13-11-26)23(28)21-9-8-18(30-21)15-31(29)22-5-3-2-4-19(22)25/h2-9,14H,10-13,15H2,1H3/t31-/m0/s1. The van der Waals surface area contributed by atoms with Gasteiger partial charge < -0.3 is 14.2 Å². The molecule has 0 saturated carbocycles. The molecule has 5 nitrogen and oxygen atoms in total. The molecule has 0 aliphatic carbocycles. The highest BCUT2D eigenvalue weighted by molar-refractivity contribution is 7.84. The lowest BCUT2D eigenvalue weighted by atomic mass is 10.1. The molecule has 2 aromatic carbocycles. The summed E-state index contributed by atoms with van der Waals surface area (Å²) in [5.74, 6) is 0.768. The van der Waals surface area contributed by atoms with Crippen molar-refractivity contribution in [3.05, 3.63) is 81.7 Å². The summed E-state index contributed by atoms with van der Waals surface area (Å²) >= 11 is 12.3. The first-order valence-corrected chi connectivity index (χ1v) is 12.0. The second kappa shape index (κ2) is 9.47. The summed E-state index contributed by atoms with van der Waals surface area (Å²) in [5.41, 5.74) is 2.26. The van der Waals surface area contributed by atoms with Gasteiger partial charge in [-0.1, -0.05) is 41.4 Å². The van der Waals surface area contributed by atoms with Crippen LogP contribution < -0.4 is 4.90 Å². The van der Waals surface area contributed by atoms with E-state index >= 15 is 0 Å². The van der Waals surface area contributed by atoms with Crippen LogP contribution in [0.3, 0.4) is 0 Å². The molecule has 1 aliphatic rings. The van der Waals surface area contributed by atoms with E-state index < -0.39 is 10.8 Å². The average Bonchev–Trinajstić information content (AvgIpc) is 3.23. The molecule has 0 radical (unpaired) electrons. The zero-order valence-electron chi connectivity index (χ0n) is 17.0. The first kappa shape index (κ1) is 21.9. The van der Waals surface area contributed by atoms with Gasteiger partial charge in [0.25, 0.3) is 5.91 Å². The molecule has 1 saturated heterocycles. The monoisotopic (exact) mass is 476 g/mol. The minimum absolute atomic E-state index is 0.155. The zero-order chi connectivity index (χ0) is 22.0. The van der Waals surface area contributed by atoms with E-state index in [9.17, 15) is 9.00 Å². The fourth-order valence-corrected chi connectivity index (χ4v) is 5.28. The van der Waals surface area contributed by atoms with Gasteiger partial charge in [0.2, 0.25) is 0 Å². The van der Waals surface area contributed by atoms with Crippen molar-refractivity contribution >= 4 is 45.6 Å². The Kier molecular flexibility index (Phi) is 6.70. The van der Waals surface area contributed by atoms with Gasteiger partial charge >= 0.3 is 0 Å². The predicted molar refractivity (Wildman–Crippen MR) is 125 cm³/mol. The Labute approximate surface area is 194 Å². The fraction of sp³-hybridized carbons (Fsp3) is 0.261. The number of carbonyl (C=O) groups is 1. The Hall–Kier alpha value is -2.28. The number of benzene rings is 2. The predicted octanol–water partition coefficient (Wildman–Crippen LogP) is 5.17. The van der Waals surface area contributed by atoms with Crippen LogP contribution in [-0.4, -0.2) is 41.2 Å². The van der Waals surface area contributed by atoms with Crippen LogP contribution in [-0.2, 0) is 16.6 Å². The minimum atomic E-state index is -1.35. The van der Waals surface area contributed by atoms with E-state index in [0.717, 1.165) is 24.3 Å². The molecule has 1 fully saturated rings. The summed E-state index contributed by atoms with van der Waals surface area (Å²) in [6.45, 7) is 4.67. The third-order valence-corrected chi connectivity index (χ3v) is 7.38. The summed E-state index contributed by atoms with van der Waals surface area (Å²) in [6.07, 6.45) is 0. The van der Waals surface area contributed by atoms with Gasteiger partial charge in [0.15, 0.2) is 5.76 Å². The Morgan fingerprint density at radius 3 is 2.52 bits per heavy atom. The number of anilines is 1. The third kappa shape index (κ3) is 4.97. The Morgan fingerprint density at radius 2 is 1.77 bits per heavy atom. The van der Waals surface area contributed by atoms with Gasteiger partial charge in [0.05, 0.1) is 26.5 Å². The van der Waals surface area contributed by atoms with Crippen LogP contribution in [0.5, 0.6) is 0 Å². The molecule has 1 aromatic heterocycles. The molecule has 0 spiro atoms. The van der Waals surface area contributed by atoms with Crippen LogP contribution in [0.25, 0.3) is 0 Å². The van der Waals surface area contributed by atoms with Crippen LogP contribution in [0.2, 0.25) is 10.0 Å². The second-order valence-corrected chi connectivity index (χ2v) is 9.66. The number of nitrogens with zero attached hydrogens (tertiary/aromatic N) is 2. The van der Waals surface area contributed by atoms with E-state index in [1.54, 1.807) is 41.3 Å². The van der Waals surface area contributed by atoms with Crippen molar-refractivity contribution in [1.29, 1.82) is 0 Å². The van der Waals surface area contributed by atoms with E-state index in [0.29, 0.717) is 33.8 Å². The summed E-state index contributed by atoms with van der Waals surface area (Å²) in [6, 6.07) is 16.2. The van der Waals surface area contributed by atoms with Gasteiger partial charge in [-0.2, -0.15) is 0 Å². The van der Waals surface area contributed by atoms with Gasteiger partial charge in [0, 0.05) is 36.9 Å². The van der Waals surface area contributed by atoms with Crippen LogP contribution >= 0.6 is 23.2 Å². The minimum Gasteiger partial charge on any atom is -0.455 e. The number of carbonyl (C=O) groups excluding carboxylic acids is 1. The maximum absolute atomic E-state index is 12.9. The van der Waals surface area contributed by atoms with Crippen LogP contribution in [0.15, 0.2) is 63.9 Å². The molecule has 1 aliphatic heterocycles. The van der Waals surface area contributed by atoms with Crippen molar-refractivity contribution in [3.8, 4) is 0 Å². The quantitative estimate of drug-likeness (QED) is 0.509. The molecule has 0 unspecified atom stereocenters. The molecule has 8 heteroatoms. The Balaban J connectivity index is 1.38. The van der Waals surface area contributed by atoms with E-state index in [4.69, 9.17) is 27.6 Å². The summed E-state index contributed by atoms with van der Waals surface area (Å²) in [7, 11) is -1.35. The number of piperazine rings is 1. The normalized spacial score (nSPS) is 15.2. The van der Waals surface area contributed by atoms with Crippen LogP contribution in [0.4, 0.5) is 5.69 Å². The van der Waals surface area contributed by atoms with Crippen molar-refractivity contribution in [2.75, 3.05) is 31.1 Å². The molecular formula is C23H22Cl2N2O3S. The zero-order valence-corrected chi connectivity index (χ0v) is 19.3. The number of amides is 1. The maximum Gasteiger partial charge on any atom is 0.289 e. The average molecular weight is 477 g/mol. The van der Waals surface area contributed by atoms with Crippen LogP contribution in [0, 0.1) is 6.92 Å². The molecule has 3 aromatic rings. The van der Waals surface area contributed by atoms with Gasteiger partial charge in [-0.25, -0.2) is 0 Å². The number of halogens is 2. The highest BCUT2D eigenvalue weighted by Gasteiger charge is 2.25. The molecule has 1 amide bonds. The summed E-state index contributed by atoms with van der Waals surface area (Å²) in [4.78, 5) is 17.5. The number of furan rings is 1. The molecule has 162 valence electrons. The number of hydrogen-bond acceptors (Lipinski definition) is 4. The van der Waals surface area contributed by atoms with Crippen molar-refractivity contribution < 1.29 is 13.4 Å². The first-order chi connectivity index (χ1) is 14.9. The number of hydrogen-bond donors (Lipinski definition) is 0. The summed E-state index contributed by atoms with van der Waals surface area (Å²) in [5, 5.41) is 1.16. The number of rotatable bonds is 5. The van der Waals surface area contributed by atoms with E-state index in [1.165, 1.54) is 0 Å². The maximum atomic E-state index is 12.9. The van der Waals surface area contributed by atoms with Gasteiger partial charge in [0.1, 0.15) is 5.76 Å². The van der Waals surface area contributed by atoms with E-state index in [2.05, 4.69) is 11.8 Å². The van der Waals surface area contributed by atoms with Crippen LogP contribution in [0.1, 0.15) is 21.9 Å². The second-order valence-electron chi connectivity index (χ2n) is 7.40. The lowest BCUT2D eigenvalue weighted by Crippen LogP contribution is -2.48. The smallest absolute Gasteiger partial charge is 0.289 e. The van der Waals surface area contributed by atoms with Crippen molar-refractivity contribution in [2.45, 2.75) is 17.6 Å². The van der Waals surface area contributed by atoms with Crippen molar-refractivity contribution in [2.24, 2.45) is 0 Å². The first-order valence-electron chi connectivity index (χ1n) is 9.94. The summed E-state index contributed by atoms with van der Waals surface area (Å²) < 4.78 is 18.3. The van der Waals surface area contributed by atoms with Crippen molar-refractivity contribution in [1.82, 2.24) is 4.90 Å². The SMILES string of the molecule is Cc1ccc(Cl)cc1N1CCN(C(=O)c2ccc(C[S@](=O)c3ccccc3Cl)o2)CC1. The molecule has 1 atom stereocenters. The molecule has 0 bridgehead atoms. The van der Waals surface area contributed by atoms with Crippen molar-refractivity contribution in [3.63, 3.8) is 0 Å². The molecule has 0 N–H and O–H groups in total.